The van der Waals surface area contributed by atoms with Gasteiger partial charge >= 0.3 is 0 Å². The number of nitrogens with one attached hydrogen (secondary N) is 3. The lowest BCUT2D eigenvalue weighted by Crippen LogP contribution is -2.44. The summed E-state index contributed by atoms with van der Waals surface area (Å²) in [5, 5.41) is 10.3. The molecule has 0 atom stereocenters. The van der Waals surface area contributed by atoms with Gasteiger partial charge in [-0.05, 0) is 17.2 Å². The normalized spacial score (nSPS) is 22.8. The molecule has 29 heavy (non-hydrogen) atoms. The van der Waals surface area contributed by atoms with E-state index in [1.165, 1.54) is 11.1 Å². The fourth-order valence-electron chi connectivity index (χ4n) is 4.64. The zero-order chi connectivity index (χ0) is 20.1. The van der Waals surface area contributed by atoms with E-state index in [9.17, 15) is 0 Å². The van der Waals surface area contributed by atoms with Gasteiger partial charge in [-0.1, -0.05) is 0 Å². The van der Waals surface area contributed by atoms with Gasteiger partial charge in [0.1, 0.15) is 0 Å². The van der Waals surface area contributed by atoms with Crippen LogP contribution >= 0.6 is 0 Å². The molecule has 3 heterocycles. The summed E-state index contributed by atoms with van der Waals surface area (Å²) >= 11 is 0. The third-order valence-corrected chi connectivity index (χ3v) is 6.49. The summed E-state index contributed by atoms with van der Waals surface area (Å²) in [6.45, 7) is 15.3. The molecule has 0 unspecified atom stereocenters. The first-order chi connectivity index (χ1) is 14.2. The Hall–Kier alpha value is -1.42. The molecule has 3 saturated heterocycles. The van der Waals surface area contributed by atoms with E-state index in [0.717, 1.165) is 115 Å². The molecule has 3 aliphatic heterocycles. The van der Waals surface area contributed by atoms with E-state index in [1.54, 1.807) is 0 Å². The van der Waals surface area contributed by atoms with Gasteiger partial charge in [-0.3, -0.25) is 14.7 Å². The van der Waals surface area contributed by atoms with Crippen LogP contribution in [0.3, 0.4) is 0 Å². The summed E-state index contributed by atoms with van der Waals surface area (Å²) in [6, 6.07) is 2.29. The predicted octanol–water partition coefficient (Wildman–Crippen LogP) is -0.933. The molecule has 1 aromatic rings. The van der Waals surface area contributed by atoms with Gasteiger partial charge in [0.05, 0.1) is 0 Å². The molecule has 4 rings (SSSR count). The van der Waals surface area contributed by atoms with Crippen molar-refractivity contribution in [3.8, 4) is 0 Å². The number of piperazine rings is 3. The molecule has 7 N–H and O–H groups in total. The Kier molecular flexibility index (Phi) is 7.23. The van der Waals surface area contributed by atoms with Crippen LogP contribution in [0.5, 0.6) is 0 Å². The van der Waals surface area contributed by atoms with Crippen molar-refractivity contribution in [2.24, 2.45) is 0 Å². The van der Waals surface area contributed by atoms with Gasteiger partial charge in [0, 0.05) is 115 Å². The number of hydrogen-bond acceptors (Lipinski definition) is 8. The van der Waals surface area contributed by atoms with Gasteiger partial charge in [-0.25, -0.2) is 0 Å². The topological polar surface area (TPSA) is 97.8 Å². The third-order valence-electron chi connectivity index (χ3n) is 6.49. The fourth-order valence-corrected chi connectivity index (χ4v) is 4.64. The number of rotatable bonds is 6. The largest absolute Gasteiger partial charge is 0.398 e. The Morgan fingerprint density at radius 1 is 0.586 bits per heavy atom. The Balaban J connectivity index is 1.59. The Morgan fingerprint density at radius 3 is 1.31 bits per heavy atom. The summed E-state index contributed by atoms with van der Waals surface area (Å²) in [7, 11) is 0. The fraction of sp³-hybridized carbons (Fsp3) is 0.714. The minimum atomic E-state index is 0.850. The van der Waals surface area contributed by atoms with Crippen molar-refractivity contribution < 1.29 is 0 Å². The second-order valence-corrected chi connectivity index (χ2v) is 8.58. The van der Waals surface area contributed by atoms with E-state index in [0.29, 0.717) is 0 Å². The van der Waals surface area contributed by atoms with E-state index < -0.39 is 0 Å². The third kappa shape index (κ3) is 5.39. The molecular formula is C21H38N8. The van der Waals surface area contributed by atoms with Crippen molar-refractivity contribution in [1.82, 2.24) is 30.7 Å². The van der Waals surface area contributed by atoms with Crippen LogP contribution in [-0.2, 0) is 19.6 Å². The number of nitrogens with two attached hydrogens (primary N) is 2. The van der Waals surface area contributed by atoms with Crippen LogP contribution in [0.25, 0.3) is 0 Å². The van der Waals surface area contributed by atoms with Gasteiger partial charge < -0.3 is 27.4 Å². The predicted molar refractivity (Wildman–Crippen MR) is 120 cm³/mol. The lowest BCUT2D eigenvalue weighted by Gasteiger charge is -2.32. The van der Waals surface area contributed by atoms with Gasteiger partial charge in [0.15, 0.2) is 0 Å². The number of nitrogen functional groups attached to an aromatic ring is 2. The first-order valence-electron chi connectivity index (χ1n) is 11.2. The molecule has 1 aromatic carbocycles. The average Bonchev–Trinajstić information content (AvgIpc) is 2.77. The monoisotopic (exact) mass is 402 g/mol. The van der Waals surface area contributed by atoms with E-state index in [4.69, 9.17) is 11.5 Å². The summed E-state index contributed by atoms with van der Waals surface area (Å²) in [6.07, 6.45) is 0. The summed E-state index contributed by atoms with van der Waals surface area (Å²) in [4.78, 5) is 7.48. The Morgan fingerprint density at radius 2 is 0.931 bits per heavy atom. The van der Waals surface area contributed by atoms with Crippen molar-refractivity contribution in [2.45, 2.75) is 19.6 Å². The smallest absolute Gasteiger partial charge is 0.0426 e. The molecule has 3 fully saturated rings. The minimum Gasteiger partial charge on any atom is -0.398 e. The van der Waals surface area contributed by atoms with E-state index in [1.807, 2.05) is 0 Å². The van der Waals surface area contributed by atoms with E-state index in [2.05, 4.69) is 36.7 Å². The quantitative estimate of drug-likeness (QED) is 0.389. The molecular weight excluding hydrogens is 364 g/mol. The molecule has 162 valence electrons. The molecule has 0 spiro atoms. The number of anilines is 2. The van der Waals surface area contributed by atoms with Crippen molar-refractivity contribution in [3.63, 3.8) is 0 Å². The highest BCUT2D eigenvalue weighted by Gasteiger charge is 2.21. The molecule has 0 radical (unpaired) electrons. The van der Waals surface area contributed by atoms with Crippen molar-refractivity contribution in [1.29, 1.82) is 0 Å². The minimum absolute atomic E-state index is 0.850. The van der Waals surface area contributed by atoms with Gasteiger partial charge in [0.25, 0.3) is 0 Å². The Labute approximate surface area is 174 Å². The van der Waals surface area contributed by atoms with Crippen LogP contribution in [0.4, 0.5) is 11.4 Å². The highest BCUT2D eigenvalue weighted by Crippen LogP contribution is 2.31. The molecule has 0 amide bonds. The maximum Gasteiger partial charge on any atom is 0.0426 e. The molecule has 0 bridgehead atoms. The first-order valence-corrected chi connectivity index (χ1v) is 11.2. The summed E-state index contributed by atoms with van der Waals surface area (Å²) in [5.41, 5.74) is 18.9. The lowest BCUT2D eigenvalue weighted by atomic mass is 9.98. The summed E-state index contributed by atoms with van der Waals surface area (Å²) in [5.74, 6) is 0. The summed E-state index contributed by atoms with van der Waals surface area (Å²) < 4.78 is 0. The molecule has 8 nitrogen and oxygen atoms in total. The van der Waals surface area contributed by atoms with Gasteiger partial charge in [0.2, 0.25) is 0 Å². The first kappa shape index (κ1) is 20.8. The zero-order valence-corrected chi connectivity index (χ0v) is 17.7. The standard InChI is InChI=1S/C21H38N8/c22-20-17(14-27-7-1-24-2-8-27)13-18(15-28-9-3-25-4-10-28)21(23)19(20)16-29-11-5-26-6-12-29/h13,24-26H,1-12,14-16,22-23H2. The molecule has 0 aromatic heterocycles. The lowest BCUT2D eigenvalue weighted by molar-refractivity contribution is 0.227. The maximum atomic E-state index is 6.73. The van der Waals surface area contributed by atoms with Crippen LogP contribution in [-0.4, -0.2) is 93.2 Å². The highest BCUT2D eigenvalue weighted by atomic mass is 15.2. The van der Waals surface area contributed by atoms with Crippen molar-refractivity contribution >= 4 is 11.4 Å². The van der Waals surface area contributed by atoms with Gasteiger partial charge in [-0.15, -0.1) is 0 Å². The average molecular weight is 403 g/mol. The zero-order valence-electron chi connectivity index (χ0n) is 17.7. The van der Waals surface area contributed by atoms with Crippen LogP contribution in [0.2, 0.25) is 0 Å². The second kappa shape index (κ2) is 10.1. The maximum absolute atomic E-state index is 6.73. The highest BCUT2D eigenvalue weighted by molar-refractivity contribution is 5.69. The van der Waals surface area contributed by atoms with E-state index >= 15 is 0 Å². The van der Waals surface area contributed by atoms with Crippen LogP contribution in [0.1, 0.15) is 16.7 Å². The molecule has 0 aliphatic carbocycles. The van der Waals surface area contributed by atoms with Crippen LogP contribution in [0.15, 0.2) is 6.07 Å². The number of benzene rings is 1. The van der Waals surface area contributed by atoms with Gasteiger partial charge in [-0.2, -0.15) is 0 Å². The van der Waals surface area contributed by atoms with Crippen molar-refractivity contribution in [2.75, 3.05) is 90.0 Å². The Bertz CT molecular complexity index is 617. The SMILES string of the molecule is Nc1c(CN2CCNCC2)cc(CN2CCNCC2)c(N)c1CN1CCNCC1. The van der Waals surface area contributed by atoms with Crippen LogP contribution in [0, 0.1) is 0 Å². The molecule has 0 saturated carbocycles. The second-order valence-electron chi connectivity index (χ2n) is 8.58. The number of nitrogens with zero attached hydrogens (tertiary/aromatic N) is 3. The van der Waals surface area contributed by atoms with Crippen LogP contribution < -0.4 is 27.4 Å². The van der Waals surface area contributed by atoms with Crippen molar-refractivity contribution in [3.05, 3.63) is 22.8 Å². The number of hydrogen-bond donors (Lipinski definition) is 5. The molecule has 3 aliphatic rings. The molecule has 8 heteroatoms. The van der Waals surface area contributed by atoms with E-state index in [-0.39, 0.29) is 0 Å².